The van der Waals surface area contributed by atoms with Gasteiger partial charge in [0, 0.05) is 72.8 Å². The molecule has 8 rings (SSSR count). The molecule has 0 unspecified atom stereocenters. The lowest BCUT2D eigenvalue weighted by Crippen LogP contribution is -2.02. The van der Waals surface area contributed by atoms with Gasteiger partial charge in [-0.05, 0) is 71.3 Å². The van der Waals surface area contributed by atoms with Crippen LogP contribution in [0.15, 0.2) is 108 Å². The van der Waals surface area contributed by atoms with Crippen LogP contribution in [0.1, 0.15) is 22.6 Å². The summed E-state index contributed by atoms with van der Waals surface area (Å²) in [6.07, 6.45) is 6.03. The van der Waals surface area contributed by atoms with Gasteiger partial charge in [-0.3, -0.25) is 0 Å². The first kappa shape index (κ1) is 24.1. The Balaban J connectivity index is 1.22. The molecule has 198 valence electrons. The highest BCUT2D eigenvalue weighted by molar-refractivity contribution is 6.31. The molecule has 0 saturated carbocycles. The Bertz CT molecular complexity index is 2120. The molecule has 0 bridgehead atoms. The summed E-state index contributed by atoms with van der Waals surface area (Å²) in [5, 5.41) is 13.3. The minimum absolute atomic E-state index is 0.0899. The first-order chi connectivity index (χ1) is 20.1. The Hall–Kier alpha value is -4.78. The zero-order chi connectivity index (χ0) is 27.5. The van der Waals surface area contributed by atoms with Crippen molar-refractivity contribution in [1.29, 1.82) is 0 Å². The standard InChI is InChI=1S/C33H21Cl2N5O/c34-20-9-11-29-23(13-20)25(15-36-29)31(26-16-37-30-12-10-21(35)14-24(26)30)18-5-7-19(8-6-18)32-39-40-33(41-32)27-17-38-28-4-2-1-3-22(27)28/h1-17,31,36-38H. The first-order valence-corrected chi connectivity index (χ1v) is 13.9. The van der Waals surface area contributed by atoms with Gasteiger partial charge in [-0.2, -0.15) is 0 Å². The van der Waals surface area contributed by atoms with Gasteiger partial charge in [0.1, 0.15) is 0 Å². The highest BCUT2D eigenvalue weighted by Crippen LogP contribution is 2.41. The number of hydrogen-bond acceptors (Lipinski definition) is 3. The largest absolute Gasteiger partial charge is 0.416 e. The second-order valence-corrected chi connectivity index (χ2v) is 11.0. The SMILES string of the molecule is Clc1ccc2[nH]cc(C(c3ccc(-c4nnc(-c5c[nH]c6ccccc56)o4)cc3)c3c[nH]c4ccc(Cl)cc34)c2c1. The molecule has 0 aliphatic carbocycles. The van der Waals surface area contributed by atoms with E-state index in [9.17, 15) is 0 Å². The molecule has 3 N–H and O–H groups in total. The van der Waals surface area contributed by atoms with Crippen molar-refractivity contribution < 1.29 is 4.42 Å². The van der Waals surface area contributed by atoms with Crippen LogP contribution in [0.2, 0.25) is 10.0 Å². The maximum atomic E-state index is 6.44. The van der Waals surface area contributed by atoms with Crippen LogP contribution in [0.3, 0.4) is 0 Å². The molecule has 8 aromatic rings. The average Bonchev–Trinajstić information content (AvgIpc) is 3.80. The predicted molar refractivity (Wildman–Crippen MR) is 165 cm³/mol. The molecular weight excluding hydrogens is 553 g/mol. The van der Waals surface area contributed by atoms with Crippen molar-refractivity contribution in [3.05, 3.63) is 130 Å². The second-order valence-electron chi connectivity index (χ2n) is 10.1. The quantitative estimate of drug-likeness (QED) is 0.191. The van der Waals surface area contributed by atoms with E-state index in [4.69, 9.17) is 27.6 Å². The lowest BCUT2D eigenvalue weighted by atomic mass is 9.84. The summed E-state index contributed by atoms with van der Waals surface area (Å²) in [5.74, 6) is 0.852. The zero-order valence-corrected chi connectivity index (χ0v) is 23.0. The van der Waals surface area contributed by atoms with E-state index in [1.807, 2.05) is 79.0 Å². The van der Waals surface area contributed by atoms with Gasteiger partial charge in [0.05, 0.1) is 5.56 Å². The molecule has 0 fully saturated rings. The Morgan fingerprint density at radius 2 is 1.17 bits per heavy atom. The molecule has 8 heteroatoms. The maximum Gasteiger partial charge on any atom is 0.250 e. The summed E-state index contributed by atoms with van der Waals surface area (Å²) >= 11 is 12.9. The zero-order valence-electron chi connectivity index (χ0n) is 21.5. The molecule has 6 nitrogen and oxygen atoms in total. The minimum Gasteiger partial charge on any atom is -0.416 e. The van der Waals surface area contributed by atoms with Crippen LogP contribution in [0.4, 0.5) is 0 Å². The van der Waals surface area contributed by atoms with Crippen LogP contribution >= 0.6 is 23.2 Å². The Labute approximate surface area is 244 Å². The number of halogens is 2. The molecule has 0 aliphatic rings. The van der Waals surface area contributed by atoms with Gasteiger partial charge in [0.25, 0.3) is 0 Å². The number of aromatic nitrogens is 5. The third-order valence-corrected chi connectivity index (χ3v) is 8.18. The van der Waals surface area contributed by atoms with Crippen molar-refractivity contribution >= 4 is 55.9 Å². The molecule has 41 heavy (non-hydrogen) atoms. The highest BCUT2D eigenvalue weighted by Gasteiger charge is 2.24. The number of rotatable bonds is 5. The molecule has 4 aromatic carbocycles. The second kappa shape index (κ2) is 9.41. The number of fused-ring (bicyclic) bond motifs is 3. The number of H-pyrrole nitrogens is 3. The van der Waals surface area contributed by atoms with E-state index < -0.39 is 0 Å². The third-order valence-electron chi connectivity index (χ3n) is 7.71. The van der Waals surface area contributed by atoms with Crippen LogP contribution in [0.25, 0.3) is 55.6 Å². The molecule has 4 heterocycles. The Morgan fingerprint density at radius 3 is 1.85 bits per heavy atom. The lowest BCUT2D eigenvalue weighted by Gasteiger charge is -2.18. The molecule has 0 saturated heterocycles. The molecule has 0 radical (unpaired) electrons. The predicted octanol–water partition coefficient (Wildman–Crippen LogP) is 9.33. The van der Waals surface area contributed by atoms with E-state index in [1.165, 1.54) is 0 Å². The summed E-state index contributed by atoms with van der Waals surface area (Å²) in [7, 11) is 0. The van der Waals surface area contributed by atoms with Gasteiger partial charge in [-0.15, -0.1) is 10.2 Å². The average molecular weight is 574 g/mol. The smallest absolute Gasteiger partial charge is 0.250 e. The van der Waals surface area contributed by atoms with E-state index >= 15 is 0 Å². The minimum atomic E-state index is -0.0899. The van der Waals surface area contributed by atoms with E-state index in [-0.39, 0.29) is 5.92 Å². The molecule has 0 spiro atoms. The number of nitrogens with one attached hydrogen (secondary N) is 3. The summed E-state index contributed by atoms with van der Waals surface area (Å²) < 4.78 is 6.13. The van der Waals surface area contributed by atoms with Crippen molar-refractivity contribution in [3.8, 4) is 22.9 Å². The summed E-state index contributed by atoms with van der Waals surface area (Å²) in [5.41, 5.74) is 8.15. The molecular formula is C33H21Cl2N5O. The van der Waals surface area contributed by atoms with Crippen molar-refractivity contribution in [3.63, 3.8) is 0 Å². The van der Waals surface area contributed by atoms with Crippen LogP contribution < -0.4 is 0 Å². The summed E-state index contributed by atoms with van der Waals surface area (Å²) in [6.45, 7) is 0. The number of hydrogen-bond donors (Lipinski definition) is 3. The van der Waals surface area contributed by atoms with Crippen molar-refractivity contribution in [2.24, 2.45) is 0 Å². The summed E-state index contributed by atoms with van der Waals surface area (Å²) in [4.78, 5) is 10.1. The van der Waals surface area contributed by atoms with Gasteiger partial charge in [-0.1, -0.05) is 53.5 Å². The normalized spacial score (nSPS) is 11.9. The maximum absolute atomic E-state index is 6.44. The van der Waals surface area contributed by atoms with E-state index in [0.29, 0.717) is 21.8 Å². The third kappa shape index (κ3) is 4.03. The van der Waals surface area contributed by atoms with Crippen molar-refractivity contribution in [2.75, 3.05) is 0 Å². The molecule has 0 amide bonds. The Morgan fingerprint density at radius 1 is 0.585 bits per heavy atom. The fraction of sp³-hybridized carbons (Fsp3) is 0.0303. The van der Waals surface area contributed by atoms with E-state index in [1.54, 1.807) is 0 Å². The lowest BCUT2D eigenvalue weighted by molar-refractivity contribution is 0.585. The van der Waals surface area contributed by atoms with Gasteiger partial charge >= 0.3 is 0 Å². The van der Waals surface area contributed by atoms with Gasteiger partial charge in [0.2, 0.25) is 11.8 Å². The fourth-order valence-electron chi connectivity index (χ4n) is 5.75. The van der Waals surface area contributed by atoms with Crippen molar-refractivity contribution in [1.82, 2.24) is 25.1 Å². The van der Waals surface area contributed by atoms with Crippen LogP contribution in [-0.2, 0) is 0 Å². The monoisotopic (exact) mass is 573 g/mol. The number of para-hydroxylation sites is 1. The van der Waals surface area contributed by atoms with E-state index in [0.717, 1.165) is 60.5 Å². The number of benzene rings is 4. The highest BCUT2D eigenvalue weighted by atomic mass is 35.5. The molecule has 4 aromatic heterocycles. The fourth-order valence-corrected chi connectivity index (χ4v) is 6.09. The van der Waals surface area contributed by atoms with Crippen LogP contribution in [0, 0.1) is 0 Å². The van der Waals surface area contributed by atoms with Gasteiger partial charge in [-0.25, -0.2) is 0 Å². The van der Waals surface area contributed by atoms with Gasteiger partial charge < -0.3 is 19.4 Å². The Kier molecular flexibility index (Phi) is 5.52. The molecule has 0 atom stereocenters. The van der Waals surface area contributed by atoms with Crippen LogP contribution in [0.5, 0.6) is 0 Å². The number of nitrogens with zero attached hydrogens (tertiary/aromatic N) is 2. The number of aromatic amines is 3. The van der Waals surface area contributed by atoms with Gasteiger partial charge in [0.15, 0.2) is 0 Å². The van der Waals surface area contributed by atoms with E-state index in [2.05, 4.69) is 49.7 Å². The van der Waals surface area contributed by atoms with Crippen molar-refractivity contribution in [2.45, 2.75) is 5.92 Å². The first-order valence-electron chi connectivity index (χ1n) is 13.2. The molecule has 0 aliphatic heterocycles. The van der Waals surface area contributed by atoms with Crippen LogP contribution in [-0.4, -0.2) is 25.1 Å². The topological polar surface area (TPSA) is 86.3 Å². The summed E-state index contributed by atoms with van der Waals surface area (Å²) in [6, 6.07) is 28.2.